The van der Waals surface area contributed by atoms with Gasteiger partial charge in [-0.15, -0.1) is 0 Å². The van der Waals surface area contributed by atoms with Gasteiger partial charge in [-0.05, 0) is 0 Å². The van der Waals surface area contributed by atoms with Crippen molar-refractivity contribution in [3.05, 3.63) is 0 Å². The Morgan fingerprint density at radius 1 is 1.25 bits per heavy atom. The SMILES string of the molecule is O[BH2-]O.[Na+]. The van der Waals surface area contributed by atoms with Gasteiger partial charge in [-0.25, -0.2) is 0 Å². The summed E-state index contributed by atoms with van der Waals surface area (Å²) < 4.78 is 0. The molecule has 0 saturated heterocycles. The van der Waals surface area contributed by atoms with Crippen LogP contribution in [-0.2, 0) is 0 Å². The minimum absolute atomic E-state index is 0. The largest absolute Gasteiger partial charge is 1.00 e. The molecule has 0 aliphatic carbocycles. The first-order valence-electron chi connectivity index (χ1n) is 0.894. The van der Waals surface area contributed by atoms with Crippen LogP contribution in [0.3, 0.4) is 0 Å². The Bertz CT molecular complexity index is 6.00. The van der Waals surface area contributed by atoms with E-state index in [-0.39, 0.29) is 29.6 Å². The zero-order chi connectivity index (χ0) is 2.71. The third kappa shape index (κ3) is 12.1. The molecule has 0 fully saturated rings. The molecule has 0 rings (SSSR count). The van der Waals surface area contributed by atoms with Crippen LogP contribution in [0.1, 0.15) is 0 Å². The zero-order valence-corrected chi connectivity index (χ0v) is 4.89. The summed E-state index contributed by atoms with van der Waals surface area (Å²) in [6.07, 6.45) is 0. The van der Waals surface area contributed by atoms with E-state index in [0.717, 1.165) is 0 Å². The first-order chi connectivity index (χ1) is 1.41. The standard InChI is InChI=1S/BH4O2.Na/c2-1-3;/h2-3H,1H2;/q-1;+1. The first kappa shape index (κ1) is 8.88. The molecule has 4 heavy (non-hydrogen) atoms. The Balaban J connectivity index is 0. The summed E-state index contributed by atoms with van der Waals surface area (Å²) in [5.41, 5.74) is 0. The van der Waals surface area contributed by atoms with Crippen molar-refractivity contribution in [1.29, 1.82) is 0 Å². The van der Waals surface area contributed by atoms with E-state index in [1.54, 1.807) is 0 Å². The average Bonchev–Trinajstić information content (AvgIpc) is 0.918. The van der Waals surface area contributed by atoms with E-state index >= 15 is 0 Å². The van der Waals surface area contributed by atoms with Gasteiger partial charge in [0.05, 0.1) is 0 Å². The summed E-state index contributed by atoms with van der Waals surface area (Å²) >= 11 is 0. The Morgan fingerprint density at radius 2 is 1.25 bits per heavy atom. The fourth-order valence-corrected chi connectivity index (χ4v) is 0. The van der Waals surface area contributed by atoms with Crippen LogP contribution < -0.4 is 29.6 Å². The molecule has 0 aromatic rings. The molecule has 0 amide bonds. The summed E-state index contributed by atoms with van der Waals surface area (Å²) in [7, 11) is -1.50. The molecular weight excluding hydrogens is 65.8 g/mol. The van der Waals surface area contributed by atoms with Gasteiger partial charge in [-0.3, -0.25) is 0 Å². The third-order valence-electron chi connectivity index (χ3n) is 0. The molecule has 0 atom stereocenters. The molecule has 2 nitrogen and oxygen atoms in total. The normalized spacial score (nSPS) is 4.50. The fraction of sp³-hybridized carbons (Fsp3) is 0. The Kier molecular flexibility index (Phi) is 20.0. The average molecular weight is 69.8 g/mol. The molecule has 2 N–H and O–H groups in total. The van der Waals surface area contributed by atoms with Crippen molar-refractivity contribution >= 4 is 7.69 Å². The molecule has 0 saturated carbocycles. The maximum atomic E-state index is 7.25. The number of hydrogen-bond acceptors (Lipinski definition) is 2. The monoisotopic (exact) mass is 70.0 g/mol. The minimum atomic E-state index is -1.50. The molecule has 0 aromatic carbocycles. The molecule has 20 valence electrons. The van der Waals surface area contributed by atoms with Gasteiger partial charge in [0.25, 0.3) is 0 Å². The molecule has 0 spiro atoms. The van der Waals surface area contributed by atoms with Crippen molar-refractivity contribution in [2.75, 3.05) is 0 Å². The molecule has 0 aromatic heterocycles. The summed E-state index contributed by atoms with van der Waals surface area (Å²) in [5, 5.41) is 14.5. The van der Waals surface area contributed by atoms with Crippen molar-refractivity contribution in [3.8, 4) is 0 Å². The van der Waals surface area contributed by atoms with Gasteiger partial charge in [0.2, 0.25) is 7.69 Å². The van der Waals surface area contributed by atoms with Gasteiger partial charge in [0.15, 0.2) is 0 Å². The van der Waals surface area contributed by atoms with Crippen LogP contribution in [0.15, 0.2) is 0 Å². The Morgan fingerprint density at radius 3 is 1.25 bits per heavy atom. The van der Waals surface area contributed by atoms with Gasteiger partial charge in [0, 0.05) is 0 Å². The van der Waals surface area contributed by atoms with Gasteiger partial charge in [-0.1, -0.05) is 0 Å². The van der Waals surface area contributed by atoms with Crippen LogP contribution in [0.2, 0.25) is 0 Å². The second kappa shape index (κ2) is 9.01. The first-order valence-corrected chi connectivity index (χ1v) is 0.894. The van der Waals surface area contributed by atoms with Crippen LogP contribution in [0.25, 0.3) is 0 Å². The zero-order valence-electron chi connectivity index (χ0n) is 2.89. The minimum Gasteiger partial charge on any atom is -0.588 e. The topological polar surface area (TPSA) is 40.5 Å². The van der Waals surface area contributed by atoms with Crippen molar-refractivity contribution in [2.24, 2.45) is 0 Å². The van der Waals surface area contributed by atoms with Crippen LogP contribution in [0.4, 0.5) is 0 Å². The van der Waals surface area contributed by atoms with E-state index in [4.69, 9.17) is 10.0 Å². The van der Waals surface area contributed by atoms with Crippen LogP contribution in [0.5, 0.6) is 0 Å². The summed E-state index contributed by atoms with van der Waals surface area (Å²) in [5.74, 6) is 0. The maximum Gasteiger partial charge on any atom is 1.00 e. The second-order valence-electron chi connectivity index (χ2n) is 0.200. The van der Waals surface area contributed by atoms with E-state index in [9.17, 15) is 0 Å². The predicted octanol–water partition coefficient (Wildman–Crippen LogP) is -5.03. The van der Waals surface area contributed by atoms with E-state index in [1.165, 1.54) is 0 Å². The van der Waals surface area contributed by atoms with Crippen molar-refractivity contribution in [2.45, 2.75) is 0 Å². The van der Waals surface area contributed by atoms with E-state index in [1.807, 2.05) is 0 Å². The summed E-state index contributed by atoms with van der Waals surface area (Å²) in [4.78, 5) is 0. The van der Waals surface area contributed by atoms with E-state index in [0.29, 0.717) is 0 Å². The van der Waals surface area contributed by atoms with Gasteiger partial charge < -0.3 is 10.0 Å². The van der Waals surface area contributed by atoms with Gasteiger partial charge >= 0.3 is 29.6 Å². The second-order valence-corrected chi connectivity index (χ2v) is 0.200. The quantitative estimate of drug-likeness (QED) is 0.280. The van der Waals surface area contributed by atoms with Crippen LogP contribution >= 0.6 is 0 Å². The molecule has 0 unspecified atom stereocenters. The molecule has 0 aliphatic heterocycles. The molecule has 0 aliphatic rings. The van der Waals surface area contributed by atoms with Gasteiger partial charge in [-0.2, -0.15) is 0 Å². The summed E-state index contributed by atoms with van der Waals surface area (Å²) in [6, 6.07) is 0. The smallest absolute Gasteiger partial charge is 0.588 e. The fourth-order valence-electron chi connectivity index (χ4n) is 0. The van der Waals surface area contributed by atoms with Crippen molar-refractivity contribution < 1.29 is 39.6 Å². The van der Waals surface area contributed by atoms with Crippen molar-refractivity contribution in [3.63, 3.8) is 0 Å². The molecular formula is H4BNaO2. The molecule has 4 heteroatoms. The Labute approximate surface area is 47.4 Å². The van der Waals surface area contributed by atoms with Crippen LogP contribution in [0, 0.1) is 0 Å². The predicted molar refractivity (Wildman–Crippen MR) is 13.0 cm³/mol. The number of rotatable bonds is 0. The van der Waals surface area contributed by atoms with E-state index < -0.39 is 7.69 Å². The third-order valence-corrected chi connectivity index (χ3v) is 0. The maximum absolute atomic E-state index is 7.25. The molecule has 0 heterocycles. The van der Waals surface area contributed by atoms with Crippen LogP contribution in [-0.4, -0.2) is 17.7 Å². The number of hydrogen-bond donors (Lipinski definition) is 2. The van der Waals surface area contributed by atoms with Gasteiger partial charge in [0.1, 0.15) is 0 Å². The molecule has 0 radical (unpaired) electrons. The van der Waals surface area contributed by atoms with E-state index in [2.05, 4.69) is 0 Å². The van der Waals surface area contributed by atoms with Crippen molar-refractivity contribution in [1.82, 2.24) is 0 Å². The molecule has 0 bridgehead atoms. The summed E-state index contributed by atoms with van der Waals surface area (Å²) in [6.45, 7) is 0. The Hall–Kier alpha value is 0.985.